The number of esters is 1. The lowest BCUT2D eigenvalue weighted by Gasteiger charge is -2.21. The van der Waals surface area contributed by atoms with Gasteiger partial charge in [-0.25, -0.2) is 9.59 Å². The Balaban J connectivity index is 4.33. The molecule has 0 aliphatic carbocycles. The summed E-state index contributed by atoms with van der Waals surface area (Å²) in [6, 6.07) is 0. The molecule has 0 aliphatic heterocycles. The topological polar surface area (TPSA) is 78.6 Å². The van der Waals surface area contributed by atoms with Crippen LogP contribution in [0.2, 0.25) is 0 Å². The van der Waals surface area contributed by atoms with Gasteiger partial charge in [0.1, 0.15) is 11.1 Å². The number of carbonyl (C=O) groups is 2. The first-order valence-corrected chi connectivity index (χ1v) is 4.46. The molecule has 0 fully saturated rings. The van der Waals surface area contributed by atoms with Crippen LogP contribution in [-0.4, -0.2) is 23.3 Å². The van der Waals surface area contributed by atoms with E-state index in [1.165, 1.54) is 13.0 Å². The molecule has 0 saturated carbocycles. The van der Waals surface area contributed by atoms with E-state index in [1.54, 1.807) is 20.8 Å². The minimum absolute atomic E-state index is 0.712. The largest absolute Gasteiger partial charge is 0.516 e. The lowest BCUT2D eigenvalue weighted by molar-refractivity contribution is -0.145. The van der Waals surface area contributed by atoms with Gasteiger partial charge in [0.25, 0.3) is 0 Å². The Morgan fingerprint density at radius 1 is 1.27 bits per heavy atom. The number of ether oxygens (including phenoxy) is 2. The second kappa shape index (κ2) is 4.44. The highest BCUT2D eigenvalue weighted by Crippen LogP contribution is 2.10. The van der Waals surface area contributed by atoms with E-state index >= 15 is 0 Å². The fourth-order valence-corrected chi connectivity index (χ4v) is 0.540. The standard InChI is InChI=1S/C10H17NO4/c1-6-10(5,11)7(12)14-8(13)15-9(2,3)4/h6H,1,11H2,2-5H3. The summed E-state index contributed by atoms with van der Waals surface area (Å²) in [5.74, 6) is -0.897. The molecule has 0 aromatic rings. The molecule has 0 aromatic carbocycles. The van der Waals surface area contributed by atoms with Crippen molar-refractivity contribution in [2.24, 2.45) is 5.73 Å². The van der Waals surface area contributed by atoms with E-state index < -0.39 is 23.3 Å². The summed E-state index contributed by atoms with van der Waals surface area (Å²) in [4.78, 5) is 22.3. The van der Waals surface area contributed by atoms with Gasteiger partial charge in [-0.15, -0.1) is 6.58 Å². The van der Waals surface area contributed by atoms with Crippen molar-refractivity contribution in [1.29, 1.82) is 0 Å². The molecule has 5 heteroatoms. The first kappa shape index (κ1) is 13.6. The van der Waals surface area contributed by atoms with E-state index in [-0.39, 0.29) is 0 Å². The normalized spacial score (nSPS) is 15.0. The summed E-state index contributed by atoms with van der Waals surface area (Å²) < 4.78 is 9.16. The van der Waals surface area contributed by atoms with Gasteiger partial charge in [0.15, 0.2) is 0 Å². The van der Waals surface area contributed by atoms with Crippen LogP contribution < -0.4 is 5.73 Å². The average molecular weight is 215 g/mol. The van der Waals surface area contributed by atoms with Crippen LogP contribution >= 0.6 is 0 Å². The molecule has 0 radical (unpaired) electrons. The molecule has 0 rings (SSSR count). The number of nitrogens with two attached hydrogens (primary N) is 1. The quantitative estimate of drug-likeness (QED) is 0.427. The zero-order valence-electron chi connectivity index (χ0n) is 9.49. The maximum absolute atomic E-state index is 11.3. The molecule has 0 aromatic heterocycles. The summed E-state index contributed by atoms with van der Waals surface area (Å²) in [7, 11) is 0. The number of rotatable bonds is 2. The monoisotopic (exact) mass is 215 g/mol. The molecule has 1 unspecified atom stereocenters. The third-order valence-electron chi connectivity index (χ3n) is 1.43. The summed E-state index contributed by atoms with van der Waals surface area (Å²) in [5.41, 5.74) is 3.37. The Kier molecular flexibility index (Phi) is 4.04. The van der Waals surface area contributed by atoms with Crippen LogP contribution in [-0.2, 0) is 14.3 Å². The van der Waals surface area contributed by atoms with Gasteiger partial charge in [0, 0.05) is 0 Å². The van der Waals surface area contributed by atoms with Crippen LogP contribution in [0.1, 0.15) is 27.7 Å². The Hall–Kier alpha value is -1.36. The second-order valence-electron chi connectivity index (χ2n) is 4.34. The molecule has 0 amide bonds. The Bertz CT molecular complexity index is 276. The molecule has 2 N–H and O–H groups in total. The Morgan fingerprint density at radius 2 is 1.73 bits per heavy atom. The summed E-state index contributed by atoms with van der Waals surface area (Å²) >= 11 is 0. The van der Waals surface area contributed by atoms with Crippen molar-refractivity contribution in [2.75, 3.05) is 0 Å². The highest BCUT2D eigenvalue weighted by Gasteiger charge is 2.30. The summed E-state index contributed by atoms with van der Waals surface area (Å²) in [5, 5.41) is 0. The van der Waals surface area contributed by atoms with Crippen LogP contribution in [0, 0.1) is 0 Å². The first-order chi connectivity index (χ1) is 6.58. The second-order valence-corrected chi connectivity index (χ2v) is 4.34. The van der Waals surface area contributed by atoms with Crippen molar-refractivity contribution in [3.05, 3.63) is 12.7 Å². The lowest BCUT2D eigenvalue weighted by atomic mass is 10.1. The fraction of sp³-hybridized carbons (Fsp3) is 0.600. The van der Waals surface area contributed by atoms with Crippen LogP contribution in [0.15, 0.2) is 12.7 Å². The van der Waals surface area contributed by atoms with E-state index in [0.29, 0.717) is 0 Å². The van der Waals surface area contributed by atoms with E-state index in [9.17, 15) is 9.59 Å². The summed E-state index contributed by atoms with van der Waals surface area (Å²) in [6.07, 6.45) is 0.130. The van der Waals surface area contributed by atoms with Crippen LogP contribution in [0.25, 0.3) is 0 Å². The van der Waals surface area contributed by atoms with Gasteiger partial charge in [0.2, 0.25) is 0 Å². The minimum Gasteiger partial charge on any atom is -0.428 e. The number of hydrogen-bond acceptors (Lipinski definition) is 5. The molecule has 5 nitrogen and oxygen atoms in total. The predicted octanol–water partition coefficient (Wildman–Crippen LogP) is 1.37. The molecule has 0 saturated heterocycles. The minimum atomic E-state index is -1.39. The highest BCUT2D eigenvalue weighted by atomic mass is 16.7. The lowest BCUT2D eigenvalue weighted by Crippen LogP contribution is -2.45. The third kappa shape index (κ3) is 5.17. The van der Waals surface area contributed by atoms with E-state index in [4.69, 9.17) is 10.5 Å². The first-order valence-electron chi connectivity index (χ1n) is 4.46. The van der Waals surface area contributed by atoms with E-state index in [0.717, 1.165) is 0 Å². The highest BCUT2D eigenvalue weighted by molar-refractivity contribution is 5.89. The van der Waals surface area contributed by atoms with Crippen molar-refractivity contribution in [1.82, 2.24) is 0 Å². The van der Waals surface area contributed by atoms with Gasteiger partial charge in [-0.1, -0.05) is 6.08 Å². The zero-order valence-corrected chi connectivity index (χ0v) is 9.49. The van der Waals surface area contributed by atoms with Gasteiger partial charge in [0.05, 0.1) is 0 Å². The molecule has 0 bridgehead atoms. The van der Waals surface area contributed by atoms with Crippen molar-refractivity contribution in [2.45, 2.75) is 38.8 Å². The van der Waals surface area contributed by atoms with Crippen LogP contribution in [0.5, 0.6) is 0 Å². The third-order valence-corrected chi connectivity index (χ3v) is 1.43. The molecule has 0 aliphatic rings. The molecule has 0 spiro atoms. The van der Waals surface area contributed by atoms with Crippen molar-refractivity contribution in [3.8, 4) is 0 Å². The molecular weight excluding hydrogens is 198 g/mol. The average Bonchev–Trinajstić information content (AvgIpc) is 2.00. The van der Waals surface area contributed by atoms with Gasteiger partial charge in [-0.05, 0) is 27.7 Å². The molecule has 1 atom stereocenters. The van der Waals surface area contributed by atoms with Gasteiger partial charge in [-0.3, -0.25) is 0 Å². The van der Waals surface area contributed by atoms with Gasteiger partial charge in [-0.2, -0.15) is 0 Å². The predicted molar refractivity (Wildman–Crippen MR) is 55.1 cm³/mol. The van der Waals surface area contributed by atoms with E-state index in [2.05, 4.69) is 11.3 Å². The van der Waals surface area contributed by atoms with Crippen LogP contribution in [0.4, 0.5) is 4.79 Å². The molecule has 86 valence electrons. The van der Waals surface area contributed by atoms with Crippen molar-refractivity contribution < 1.29 is 19.1 Å². The molecule has 15 heavy (non-hydrogen) atoms. The maximum Gasteiger partial charge on any atom is 0.516 e. The van der Waals surface area contributed by atoms with Crippen molar-refractivity contribution >= 4 is 12.1 Å². The van der Waals surface area contributed by atoms with Gasteiger partial charge < -0.3 is 15.2 Å². The Morgan fingerprint density at radius 3 is 2.07 bits per heavy atom. The number of hydrogen-bond donors (Lipinski definition) is 1. The number of carbonyl (C=O) groups excluding carboxylic acids is 2. The molecule has 0 heterocycles. The molecular formula is C10H17NO4. The van der Waals surface area contributed by atoms with Crippen LogP contribution in [0.3, 0.4) is 0 Å². The maximum atomic E-state index is 11.3. The SMILES string of the molecule is C=CC(C)(N)C(=O)OC(=O)OC(C)(C)C. The van der Waals surface area contributed by atoms with Gasteiger partial charge >= 0.3 is 12.1 Å². The van der Waals surface area contributed by atoms with Crippen molar-refractivity contribution in [3.63, 3.8) is 0 Å². The zero-order chi connectivity index (χ0) is 12.3. The fourth-order valence-electron chi connectivity index (χ4n) is 0.540. The Labute approximate surface area is 89.2 Å². The summed E-state index contributed by atoms with van der Waals surface area (Å²) in [6.45, 7) is 9.72. The smallest absolute Gasteiger partial charge is 0.428 e. The van der Waals surface area contributed by atoms with E-state index in [1.807, 2.05) is 0 Å².